The Labute approximate surface area is 110 Å². The fraction of sp³-hybridized carbons (Fsp3) is 0.417. The Hall–Kier alpha value is -1.99. The molecular formula is C12H16N2O5. The topological polar surface area (TPSA) is 103 Å². The predicted molar refractivity (Wildman–Crippen MR) is 67.2 cm³/mol. The SMILES string of the molecule is Nc1cc2c(cc1C(=O)NCCOCCO)OCO2. The Balaban J connectivity index is 1.92. The van der Waals surface area contributed by atoms with Gasteiger partial charge in [0.25, 0.3) is 5.91 Å². The van der Waals surface area contributed by atoms with Crippen LogP contribution in [0.1, 0.15) is 10.4 Å². The minimum absolute atomic E-state index is 0.0386. The lowest BCUT2D eigenvalue weighted by Crippen LogP contribution is -2.28. The van der Waals surface area contributed by atoms with E-state index in [1.807, 2.05) is 0 Å². The molecule has 0 saturated heterocycles. The maximum absolute atomic E-state index is 11.9. The molecule has 7 heteroatoms. The fourth-order valence-corrected chi connectivity index (χ4v) is 1.65. The summed E-state index contributed by atoms with van der Waals surface area (Å²) in [5.41, 5.74) is 6.46. The average Bonchev–Trinajstić information content (AvgIpc) is 2.84. The maximum Gasteiger partial charge on any atom is 0.253 e. The largest absolute Gasteiger partial charge is 0.454 e. The summed E-state index contributed by atoms with van der Waals surface area (Å²) in [6.07, 6.45) is 0. The third-order valence-corrected chi connectivity index (χ3v) is 2.56. The lowest BCUT2D eigenvalue weighted by molar-refractivity contribution is 0.0838. The highest BCUT2D eigenvalue weighted by atomic mass is 16.7. The monoisotopic (exact) mass is 268 g/mol. The van der Waals surface area contributed by atoms with E-state index in [1.165, 1.54) is 0 Å². The van der Waals surface area contributed by atoms with Gasteiger partial charge < -0.3 is 30.4 Å². The van der Waals surface area contributed by atoms with Crippen molar-refractivity contribution in [3.63, 3.8) is 0 Å². The standard InChI is InChI=1S/C12H16N2O5/c13-9-6-11-10(18-7-19-11)5-8(9)12(16)14-1-3-17-4-2-15/h5-6,15H,1-4,7,13H2,(H,14,16). The lowest BCUT2D eigenvalue weighted by Gasteiger charge is -2.08. The van der Waals surface area contributed by atoms with Crippen molar-refractivity contribution < 1.29 is 24.1 Å². The summed E-state index contributed by atoms with van der Waals surface area (Å²) in [5.74, 6) is 0.750. The van der Waals surface area contributed by atoms with E-state index >= 15 is 0 Å². The molecule has 0 spiro atoms. The van der Waals surface area contributed by atoms with Gasteiger partial charge in [0, 0.05) is 18.3 Å². The second-order valence-electron chi connectivity index (χ2n) is 3.88. The molecule has 0 fully saturated rings. The van der Waals surface area contributed by atoms with Crippen molar-refractivity contribution in [3.05, 3.63) is 17.7 Å². The number of nitrogens with one attached hydrogen (secondary N) is 1. The first-order chi connectivity index (χ1) is 9.22. The van der Waals surface area contributed by atoms with E-state index in [-0.39, 0.29) is 25.9 Å². The van der Waals surface area contributed by atoms with Gasteiger partial charge in [0.1, 0.15) is 0 Å². The first-order valence-electron chi connectivity index (χ1n) is 5.88. The molecule has 0 aliphatic carbocycles. The number of carbonyl (C=O) groups is 1. The van der Waals surface area contributed by atoms with Gasteiger partial charge in [0.05, 0.1) is 25.4 Å². The van der Waals surface area contributed by atoms with E-state index in [0.717, 1.165) is 0 Å². The second kappa shape index (κ2) is 6.26. The molecule has 1 heterocycles. The number of hydrogen-bond acceptors (Lipinski definition) is 6. The second-order valence-corrected chi connectivity index (χ2v) is 3.88. The molecule has 0 atom stereocenters. The molecule has 19 heavy (non-hydrogen) atoms. The van der Waals surface area contributed by atoms with E-state index in [9.17, 15) is 4.79 Å². The molecule has 1 aliphatic heterocycles. The van der Waals surface area contributed by atoms with Crippen LogP contribution in [0.3, 0.4) is 0 Å². The molecule has 4 N–H and O–H groups in total. The highest BCUT2D eigenvalue weighted by Crippen LogP contribution is 2.35. The average molecular weight is 268 g/mol. The van der Waals surface area contributed by atoms with Gasteiger partial charge in [0.2, 0.25) is 6.79 Å². The van der Waals surface area contributed by atoms with Gasteiger partial charge >= 0.3 is 0 Å². The molecular weight excluding hydrogens is 252 g/mol. The van der Waals surface area contributed by atoms with Crippen molar-refractivity contribution in [3.8, 4) is 11.5 Å². The molecule has 0 radical (unpaired) electrons. The van der Waals surface area contributed by atoms with Crippen LogP contribution in [0.4, 0.5) is 5.69 Å². The fourth-order valence-electron chi connectivity index (χ4n) is 1.65. The predicted octanol–water partition coefficient (Wildman–Crippen LogP) is -0.264. The Morgan fingerprint density at radius 1 is 1.37 bits per heavy atom. The number of anilines is 1. The number of carbonyl (C=O) groups excluding carboxylic acids is 1. The number of nitrogen functional groups attached to an aromatic ring is 1. The number of hydrogen-bond donors (Lipinski definition) is 3. The molecule has 1 aliphatic rings. The van der Waals surface area contributed by atoms with Crippen LogP contribution in [0.2, 0.25) is 0 Å². The van der Waals surface area contributed by atoms with Gasteiger partial charge in [-0.2, -0.15) is 0 Å². The summed E-state index contributed by atoms with van der Waals surface area (Å²) >= 11 is 0. The molecule has 7 nitrogen and oxygen atoms in total. The van der Waals surface area contributed by atoms with Crippen LogP contribution in [0.5, 0.6) is 11.5 Å². The molecule has 0 aromatic heterocycles. The van der Waals surface area contributed by atoms with Crippen molar-refractivity contribution >= 4 is 11.6 Å². The number of aliphatic hydroxyl groups excluding tert-OH is 1. The van der Waals surface area contributed by atoms with Crippen LogP contribution in [0.25, 0.3) is 0 Å². The Morgan fingerprint density at radius 3 is 2.84 bits per heavy atom. The highest BCUT2D eigenvalue weighted by Gasteiger charge is 2.19. The zero-order valence-electron chi connectivity index (χ0n) is 10.3. The quantitative estimate of drug-likeness (QED) is 0.485. The summed E-state index contributed by atoms with van der Waals surface area (Å²) in [6, 6.07) is 3.13. The molecule has 104 valence electrons. The lowest BCUT2D eigenvalue weighted by atomic mass is 10.1. The van der Waals surface area contributed by atoms with Gasteiger partial charge in [-0.25, -0.2) is 0 Å². The first kappa shape index (κ1) is 13.4. The minimum Gasteiger partial charge on any atom is -0.454 e. The number of ether oxygens (including phenoxy) is 3. The van der Waals surface area contributed by atoms with Gasteiger partial charge in [-0.1, -0.05) is 0 Å². The molecule has 1 amide bonds. The zero-order chi connectivity index (χ0) is 13.7. The van der Waals surface area contributed by atoms with E-state index < -0.39 is 0 Å². The Morgan fingerprint density at radius 2 is 2.11 bits per heavy atom. The van der Waals surface area contributed by atoms with Crippen molar-refractivity contribution in [2.24, 2.45) is 0 Å². The molecule has 0 unspecified atom stereocenters. The van der Waals surface area contributed by atoms with Crippen molar-refractivity contribution in [2.45, 2.75) is 0 Å². The number of nitrogens with two attached hydrogens (primary N) is 1. The Bertz CT molecular complexity index is 464. The smallest absolute Gasteiger partial charge is 0.253 e. The van der Waals surface area contributed by atoms with Crippen LogP contribution in [0, 0.1) is 0 Å². The van der Waals surface area contributed by atoms with E-state index in [4.69, 9.17) is 25.1 Å². The minimum atomic E-state index is -0.302. The number of fused-ring (bicyclic) bond motifs is 1. The van der Waals surface area contributed by atoms with Gasteiger partial charge in [0.15, 0.2) is 11.5 Å². The number of benzene rings is 1. The van der Waals surface area contributed by atoms with Gasteiger partial charge in [-0.3, -0.25) is 4.79 Å². The third-order valence-electron chi connectivity index (χ3n) is 2.56. The number of aliphatic hydroxyl groups is 1. The summed E-state index contributed by atoms with van der Waals surface area (Å²) < 4.78 is 15.4. The maximum atomic E-state index is 11.9. The van der Waals surface area contributed by atoms with Crippen LogP contribution in [-0.4, -0.2) is 44.2 Å². The number of amides is 1. The molecule has 0 bridgehead atoms. The van der Waals surface area contributed by atoms with Crippen molar-refractivity contribution in [1.29, 1.82) is 0 Å². The van der Waals surface area contributed by atoms with Crippen LogP contribution in [0.15, 0.2) is 12.1 Å². The van der Waals surface area contributed by atoms with Crippen molar-refractivity contribution in [2.75, 3.05) is 38.9 Å². The summed E-state index contributed by atoms with van der Waals surface area (Å²) in [6.45, 7) is 1.02. The van der Waals surface area contributed by atoms with Crippen LogP contribution < -0.4 is 20.5 Å². The normalized spacial score (nSPS) is 12.5. The van der Waals surface area contributed by atoms with Crippen LogP contribution in [-0.2, 0) is 4.74 Å². The first-order valence-corrected chi connectivity index (χ1v) is 5.88. The summed E-state index contributed by atoms with van der Waals surface area (Å²) in [5, 5.41) is 11.2. The summed E-state index contributed by atoms with van der Waals surface area (Å²) in [4.78, 5) is 11.9. The molecule has 1 aromatic rings. The van der Waals surface area contributed by atoms with Crippen LogP contribution >= 0.6 is 0 Å². The van der Waals surface area contributed by atoms with Crippen molar-refractivity contribution in [1.82, 2.24) is 5.32 Å². The third kappa shape index (κ3) is 3.27. The molecule has 1 aromatic carbocycles. The zero-order valence-corrected chi connectivity index (χ0v) is 10.3. The van der Waals surface area contributed by atoms with E-state index in [0.29, 0.717) is 35.9 Å². The summed E-state index contributed by atoms with van der Waals surface area (Å²) in [7, 11) is 0. The van der Waals surface area contributed by atoms with E-state index in [1.54, 1.807) is 12.1 Å². The van der Waals surface area contributed by atoms with Gasteiger partial charge in [-0.05, 0) is 6.07 Å². The van der Waals surface area contributed by atoms with E-state index in [2.05, 4.69) is 5.32 Å². The highest BCUT2D eigenvalue weighted by molar-refractivity contribution is 6.00. The Kier molecular flexibility index (Phi) is 4.43. The molecule has 2 rings (SSSR count). The van der Waals surface area contributed by atoms with Gasteiger partial charge in [-0.15, -0.1) is 0 Å². The number of rotatable bonds is 6. The molecule has 0 saturated carbocycles.